The molecule has 0 aliphatic carbocycles. The molecule has 10 heteroatoms. The normalized spacial score (nSPS) is 17.9. The van der Waals surface area contributed by atoms with Crippen LogP contribution in [0.15, 0.2) is 54.6 Å². The third-order valence-corrected chi connectivity index (χ3v) is 7.92. The molecule has 2 aromatic carbocycles. The zero-order valence-electron chi connectivity index (χ0n) is 23.0. The van der Waals surface area contributed by atoms with E-state index in [0.29, 0.717) is 22.9 Å². The first kappa shape index (κ1) is 27.6. The van der Waals surface area contributed by atoms with Crippen molar-refractivity contribution in [1.29, 1.82) is 0 Å². The Balaban J connectivity index is 1.09. The Hall–Kier alpha value is -3.53. The topological polar surface area (TPSA) is 81.5 Å². The highest BCUT2D eigenvalue weighted by atomic mass is 35.5. The van der Waals surface area contributed by atoms with E-state index in [-0.39, 0.29) is 23.9 Å². The number of nitrogens with one attached hydrogen (secondary N) is 1. The van der Waals surface area contributed by atoms with Gasteiger partial charge in [-0.3, -0.25) is 9.69 Å². The lowest BCUT2D eigenvalue weighted by Gasteiger charge is -2.32. The summed E-state index contributed by atoms with van der Waals surface area (Å²) in [5.74, 6) is 1.13. The molecule has 2 fully saturated rings. The molecule has 8 nitrogen and oxygen atoms in total. The summed E-state index contributed by atoms with van der Waals surface area (Å²) < 4.78 is 28.5. The van der Waals surface area contributed by atoms with Crippen molar-refractivity contribution in [2.24, 2.45) is 0 Å². The maximum absolute atomic E-state index is 14.3. The fraction of sp³-hybridized carbons (Fsp3) is 0.387. The van der Waals surface area contributed by atoms with Gasteiger partial charge in [-0.05, 0) is 61.2 Å². The van der Waals surface area contributed by atoms with Crippen LogP contribution in [-0.2, 0) is 29.0 Å². The van der Waals surface area contributed by atoms with Gasteiger partial charge in [-0.2, -0.15) is 0 Å². The van der Waals surface area contributed by atoms with E-state index in [1.54, 1.807) is 12.1 Å². The second kappa shape index (κ2) is 12.1. The summed E-state index contributed by atoms with van der Waals surface area (Å²) in [6.45, 7) is 5.53. The minimum atomic E-state index is -0.333. The first-order valence-corrected chi connectivity index (χ1v) is 14.4. The van der Waals surface area contributed by atoms with Gasteiger partial charge in [-0.15, -0.1) is 0 Å². The number of hydrogen-bond acceptors (Lipinski definition) is 6. The van der Waals surface area contributed by atoms with E-state index in [4.69, 9.17) is 26.1 Å². The minimum absolute atomic E-state index is 0.0590. The largest absolute Gasteiger partial charge is 0.474 e. The summed E-state index contributed by atoms with van der Waals surface area (Å²) in [5, 5.41) is 3.26. The fourth-order valence-corrected chi connectivity index (χ4v) is 5.61. The highest BCUT2D eigenvalue weighted by Crippen LogP contribution is 2.26. The molecule has 0 saturated carbocycles. The van der Waals surface area contributed by atoms with Crippen molar-refractivity contribution in [3.05, 3.63) is 82.5 Å². The van der Waals surface area contributed by atoms with E-state index in [1.165, 1.54) is 13.0 Å². The first-order chi connectivity index (χ1) is 19.9. The molecule has 1 amide bonds. The van der Waals surface area contributed by atoms with E-state index in [9.17, 15) is 9.18 Å². The number of carbonyl (C=O) groups is 1. The van der Waals surface area contributed by atoms with Crippen molar-refractivity contribution in [2.75, 3.05) is 25.0 Å². The van der Waals surface area contributed by atoms with Crippen LogP contribution in [0.2, 0.25) is 5.02 Å². The molecule has 4 heterocycles. The molecule has 6 rings (SSSR count). The number of rotatable bonds is 9. The van der Waals surface area contributed by atoms with Gasteiger partial charge in [-0.25, -0.2) is 14.4 Å². The van der Waals surface area contributed by atoms with Crippen LogP contribution in [-0.4, -0.2) is 57.2 Å². The van der Waals surface area contributed by atoms with Gasteiger partial charge in [0.05, 0.1) is 30.2 Å². The van der Waals surface area contributed by atoms with Crippen LogP contribution in [0.5, 0.6) is 5.88 Å². The van der Waals surface area contributed by atoms with Crippen molar-refractivity contribution in [3.8, 4) is 5.88 Å². The minimum Gasteiger partial charge on any atom is -0.474 e. The van der Waals surface area contributed by atoms with E-state index in [2.05, 4.69) is 19.8 Å². The Kier molecular flexibility index (Phi) is 8.18. The average Bonchev–Trinajstić information content (AvgIpc) is 3.25. The summed E-state index contributed by atoms with van der Waals surface area (Å²) in [6.07, 6.45) is 3.40. The number of hydrogen-bond donors (Lipinski definition) is 1. The van der Waals surface area contributed by atoms with E-state index in [0.717, 1.165) is 80.3 Å². The summed E-state index contributed by atoms with van der Waals surface area (Å²) in [5.41, 5.74) is 3.98. The summed E-state index contributed by atoms with van der Waals surface area (Å²) in [6, 6.07) is 16.2. The number of fused-ring (bicyclic) bond motifs is 1. The third kappa shape index (κ3) is 6.69. The Morgan fingerprint density at radius 1 is 1.12 bits per heavy atom. The molecule has 2 aliphatic rings. The second-order valence-corrected chi connectivity index (χ2v) is 11.2. The summed E-state index contributed by atoms with van der Waals surface area (Å²) in [4.78, 5) is 23.6. The number of anilines is 1. The SMILES string of the molecule is CC(=O)Nc1ccc2nc(CN3CCC(Oc4cccc(Cc5ccc(Cl)cc5F)n4)CC3)n(CC3CCO3)c2c1. The maximum atomic E-state index is 14.3. The van der Waals surface area contributed by atoms with Gasteiger partial charge in [0.15, 0.2) is 0 Å². The van der Waals surface area contributed by atoms with Gasteiger partial charge in [-0.1, -0.05) is 23.7 Å². The predicted molar refractivity (Wildman–Crippen MR) is 156 cm³/mol. The third-order valence-electron chi connectivity index (χ3n) is 7.68. The number of nitrogens with zero attached hydrogens (tertiary/aromatic N) is 4. The number of pyridine rings is 1. The molecule has 0 bridgehead atoms. The van der Waals surface area contributed by atoms with E-state index < -0.39 is 0 Å². The number of piperidine rings is 1. The Labute approximate surface area is 243 Å². The molecule has 0 spiro atoms. The number of amides is 1. The lowest BCUT2D eigenvalue weighted by atomic mass is 10.1. The van der Waals surface area contributed by atoms with Crippen LogP contribution in [0.25, 0.3) is 11.0 Å². The van der Waals surface area contributed by atoms with Crippen molar-refractivity contribution in [2.45, 2.75) is 57.9 Å². The smallest absolute Gasteiger partial charge is 0.221 e. The van der Waals surface area contributed by atoms with Crippen LogP contribution < -0.4 is 10.1 Å². The lowest BCUT2D eigenvalue weighted by Crippen LogP contribution is -2.39. The van der Waals surface area contributed by atoms with Crippen molar-refractivity contribution < 1.29 is 18.7 Å². The van der Waals surface area contributed by atoms with Gasteiger partial charge in [0.1, 0.15) is 17.7 Å². The van der Waals surface area contributed by atoms with Crippen molar-refractivity contribution >= 4 is 34.2 Å². The fourth-order valence-electron chi connectivity index (χ4n) is 5.45. The Morgan fingerprint density at radius 2 is 1.95 bits per heavy atom. The van der Waals surface area contributed by atoms with E-state index >= 15 is 0 Å². The predicted octanol–water partition coefficient (Wildman–Crippen LogP) is 5.61. The molecule has 41 heavy (non-hydrogen) atoms. The number of halogens is 2. The quantitative estimate of drug-likeness (QED) is 0.279. The summed E-state index contributed by atoms with van der Waals surface area (Å²) in [7, 11) is 0. The van der Waals surface area contributed by atoms with Gasteiger partial charge in [0.25, 0.3) is 0 Å². The standard InChI is InChI=1S/C31H33ClFN5O3/c1-20(39)34-24-7-8-28-29(17-24)38(18-26-11-14-40-26)30(36-28)19-37-12-9-25(10-13-37)41-31-4-2-3-23(35-31)15-21-5-6-22(32)16-27(21)33/h2-8,16-17,25-26H,9-15,18-19H2,1H3,(H,34,39). The number of ether oxygens (including phenoxy) is 2. The number of benzene rings is 2. The highest BCUT2D eigenvalue weighted by molar-refractivity contribution is 6.30. The molecule has 4 aromatic rings. The average molecular weight is 578 g/mol. The van der Waals surface area contributed by atoms with Crippen LogP contribution in [0.4, 0.5) is 10.1 Å². The maximum Gasteiger partial charge on any atom is 0.221 e. The molecular weight excluding hydrogens is 545 g/mol. The van der Waals surface area contributed by atoms with Crippen LogP contribution in [0, 0.1) is 5.82 Å². The van der Waals surface area contributed by atoms with Gasteiger partial charge < -0.3 is 19.4 Å². The van der Waals surface area contributed by atoms with Crippen LogP contribution in [0.3, 0.4) is 0 Å². The first-order valence-electron chi connectivity index (χ1n) is 14.1. The molecule has 2 aromatic heterocycles. The molecule has 1 unspecified atom stereocenters. The zero-order chi connectivity index (χ0) is 28.3. The zero-order valence-corrected chi connectivity index (χ0v) is 23.7. The monoisotopic (exact) mass is 577 g/mol. The molecule has 2 saturated heterocycles. The number of aromatic nitrogens is 3. The molecular formula is C31H33ClFN5O3. The molecule has 1 N–H and O–H groups in total. The van der Waals surface area contributed by atoms with Crippen molar-refractivity contribution in [3.63, 3.8) is 0 Å². The summed E-state index contributed by atoms with van der Waals surface area (Å²) >= 11 is 5.88. The molecule has 214 valence electrons. The van der Waals surface area contributed by atoms with Gasteiger partial charge in [0.2, 0.25) is 11.8 Å². The molecule has 0 radical (unpaired) electrons. The van der Waals surface area contributed by atoms with Gasteiger partial charge >= 0.3 is 0 Å². The molecule has 1 atom stereocenters. The number of imidazole rings is 1. The lowest BCUT2D eigenvalue weighted by molar-refractivity contribution is -0.114. The number of carbonyl (C=O) groups excluding carboxylic acids is 1. The van der Waals surface area contributed by atoms with E-state index in [1.807, 2.05) is 36.4 Å². The van der Waals surface area contributed by atoms with Gasteiger partial charge in [0, 0.05) is 55.5 Å². The van der Waals surface area contributed by atoms with Crippen LogP contribution >= 0.6 is 11.6 Å². The van der Waals surface area contributed by atoms with Crippen molar-refractivity contribution in [1.82, 2.24) is 19.4 Å². The molecule has 2 aliphatic heterocycles. The Morgan fingerprint density at radius 3 is 2.68 bits per heavy atom. The second-order valence-electron chi connectivity index (χ2n) is 10.8. The number of likely N-dealkylation sites (tertiary alicyclic amines) is 1. The Bertz CT molecular complexity index is 1550. The van der Waals surface area contributed by atoms with Crippen LogP contribution in [0.1, 0.15) is 43.3 Å². The highest BCUT2D eigenvalue weighted by Gasteiger charge is 2.25.